The SMILES string of the molecule is N/C(=N/O)c1ccnc(=O)[nH]1. The van der Waals surface area contributed by atoms with E-state index in [9.17, 15) is 4.79 Å². The van der Waals surface area contributed by atoms with Gasteiger partial charge in [0.1, 0.15) is 0 Å². The lowest BCUT2D eigenvalue weighted by Gasteiger charge is -1.94. The summed E-state index contributed by atoms with van der Waals surface area (Å²) in [4.78, 5) is 16.2. The molecule has 0 fully saturated rings. The number of hydrogen-bond acceptors (Lipinski definition) is 4. The van der Waals surface area contributed by atoms with Crippen molar-refractivity contribution in [1.82, 2.24) is 9.97 Å². The van der Waals surface area contributed by atoms with Crippen molar-refractivity contribution in [3.8, 4) is 0 Å². The molecule has 58 valence electrons. The van der Waals surface area contributed by atoms with Crippen molar-refractivity contribution in [2.45, 2.75) is 0 Å². The molecule has 0 atom stereocenters. The van der Waals surface area contributed by atoms with E-state index in [2.05, 4.69) is 15.1 Å². The topological polar surface area (TPSA) is 104 Å². The smallest absolute Gasteiger partial charge is 0.345 e. The maximum absolute atomic E-state index is 10.6. The van der Waals surface area contributed by atoms with Crippen molar-refractivity contribution >= 4 is 5.84 Å². The number of hydrogen-bond donors (Lipinski definition) is 3. The maximum atomic E-state index is 10.6. The van der Waals surface area contributed by atoms with E-state index >= 15 is 0 Å². The van der Waals surface area contributed by atoms with Crippen LogP contribution in [0, 0.1) is 0 Å². The number of H-pyrrole nitrogens is 1. The fourth-order valence-electron chi connectivity index (χ4n) is 0.572. The summed E-state index contributed by atoms with van der Waals surface area (Å²) in [5.41, 5.74) is 4.88. The first-order valence-electron chi connectivity index (χ1n) is 2.77. The first-order valence-corrected chi connectivity index (χ1v) is 2.77. The van der Waals surface area contributed by atoms with Gasteiger partial charge in [-0.25, -0.2) is 9.78 Å². The lowest BCUT2D eigenvalue weighted by atomic mass is 10.4. The third-order valence-electron chi connectivity index (χ3n) is 1.06. The van der Waals surface area contributed by atoms with E-state index < -0.39 is 5.69 Å². The summed E-state index contributed by atoms with van der Waals surface area (Å²) in [6.45, 7) is 0. The predicted molar refractivity (Wildman–Crippen MR) is 37.4 cm³/mol. The van der Waals surface area contributed by atoms with Crippen molar-refractivity contribution in [2.75, 3.05) is 0 Å². The summed E-state index contributed by atoms with van der Waals surface area (Å²) in [5.74, 6) is -0.149. The molecule has 0 unspecified atom stereocenters. The van der Waals surface area contributed by atoms with Gasteiger partial charge < -0.3 is 15.9 Å². The second kappa shape index (κ2) is 2.82. The van der Waals surface area contributed by atoms with Crippen LogP contribution in [0.4, 0.5) is 0 Å². The lowest BCUT2D eigenvalue weighted by Crippen LogP contribution is -2.20. The first-order chi connectivity index (χ1) is 5.24. The van der Waals surface area contributed by atoms with Crippen molar-refractivity contribution in [3.05, 3.63) is 28.4 Å². The summed E-state index contributed by atoms with van der Waals surface area (Å²) in [5, 5.41) is 10.9. The van der Waals surface area contributed by atoms with E-state index in [0.717, 1.165) is 0 Å². The van der Waals surface area contributed by atoms with E-state index in [1.165, 1.54) is 12.3 Å². The highest BCUT2D eigenvalue weighted by molar-refractivity contribution is 5.94. The van der Waals surface area contributed by atoms with E-state index in [1.807, 2.05) is 0 Å². The number of oxime groups is 1. The standard InChI is InChI=1S/C5H6N4O2/c6-4(9-11)3-1-2-7-5(10)8-3/h1-2,11H,(H2,6,9)(H,7,8,10). The quantitative estimate of drug-likeness (QED) is 0.206. The molecule has 0 saturated carbocycles. The highest BCUT2D eigenvalue weighted by Crippen LogP contribution is 1.85. The molecule has 0 bridgehead atoms. The van der Waals surface area contributed by atoms with Gasteiger partial charge in [-0.15, -0.1) is 0 Å². The largest absolute Gasteiger partial charge is 0.409 e. The summed E-state index contributed by atoms with van der Waals surface area (Å²) in [7, 11) is 0. The van der Waals surface area contributed by atoms with Crippen LogP contribution < -0.4 is 11.4 Å². The van der Waals surface area contributed by atoms with Gasteiger partial charge in [0.05, 0.1) is 5.69 Å². The Morgan fingerprint density at radius 1 is 1.82 bits per heavy atom. The van der Waals surface area contributed by atoms with E-state index in [4.69, 9.17) is 10.9 Å². The minimum absolute atomic E-state index is 0.149. The van der Waals surface area contributed by atoms with Crippen molar-refractivity contribution in [3.63, 3.8) is 0 Å². The molecule has 0 aliphatic carbocycles. The molecule has 6 heteroatoms. The maximum Gasteiger partial charge on any atom is 0.345 e. The van der Waals surface area contributed by atoms with Gasteiger partial charge >= 0.3 is 5.69 Å². The van der Waals surface area contributed by atoms with Crippen LogP contribution in [-0.4, -0.2) is 21.0 Å². The van der Waals surface area contributed by atoms with Gasteiger partial charge in [-0.2, -0.15) is 0 Å². The van der Waals surface area contributed by atoms with E-state index in [1.54, 1.807) is 0 Å². The van der Waals surface area contributed by atoms with Crippen LogP contribution in [0.5, 0.6) is 0 Å². The fraction of sp³-hybridized carbons (Fsp3) is 0. The molecule has 0 aliphatic rings. The highest BCUT2D eigenvalue weighted by atomic mass is 16.4. The molecule has 0 saturated heterocycles. The number of amidine groups is 1. The molecule has 0 radical (unpaired) electrons. The number of rotatable bonds is 1. The summed E-state index contributed by atoms with van der Waals surface area (Å²) < 4.78 is 0. The second-order valence-electron chi connectivity index (χ2n) is 1.77. The molecule has 0 amide bonds. The molecule has 1 aromatic heterocycles. The third kappa shape index (κ3) is 1.54. The van der Waals surface area contributed by atoms with Crippen molar-refractivity contribution in [1.29, 1.82) is 0 Å². The number of nitrogens with two attached hydrogens (primary N) is 1. The van der Waals surface area contributed by atoms with Gasteiger partial charge in [-0.1, -0.05) is 5.16 Å². The van der Waals surface area contributed by atoms with Crippen LogP contribution in [0.1, 0.15) is 5.69 Å². The van der Waals surface area contributed by atoms with Crippen LogP contribution in [0.25, 0.3) is 0 Å². The Morgan fingerprint density at radius 2 is 2.55 bits per heavy atom. The van der Waals surface area contributed by atoms with Crippen LogP contribution >= 0.6 is 0 Å². The Morgan fingerprint density at radius 3 is 3.09 bits per heavy atom. The Hall–Kier alpha value is -1.85. The van der Waals surface area contributed by atoms with Gasteiger partial charge in [0.25, 0.3) is 0 Å². The zero-order valence-corrected chi connectivity index (χ0v) is 5.48. The molecule has 4 N–H and O–H groups in total. The number of nitrogens with zero attached hydrogens (tertiary/aromatic N) is 2. The summed E-state index contributed by atoms with van der Waals surface area (Å²) in [6, 6.07) is 1.43. The summed E-state index contributed by atoms with van der Waals surface area (Å²) in [6.07, 6.45) is 1.27. The fourth-order valence-corrected chi connectivity index (χ4v) is 0.572. The summed E-state index contributed by atoms with van der Waals surface area (Å²) >= 11 is 0. The molecule has 0 spiro atoms. The van der Waals surface area contributed by atoms with Crippen LogP contribution in [-0.2, 0) is 0 Å². The second-order valence-corrected chi connectivity index (χ2v) is 1.77. The van der Waals surface area contributed by atoms with E-state index in [-0.39, 0.29) is 11.5 Å². The number of nitrogens with one attached hydrogen (secondary N) is 1. The number of aromatic amines is 1. The molecular formula is C5H6N4O2. The predicted octanol–water partition coefficient (Wildman–Crippen LogP) is -1.14. The molecule has 0 aliphatic heterocycles. The lowest BCUT2D eigenvalue weighted by molar-refractivity contribution is 0.318. The zero-order chi connectivity index (χ0) is 8.27. The average molecular weight is 154 g/mol. The van der Waals surface area contributed by atoms with Gasteiger partial charge in [0, 0.05) is 6.20 Å². The van der Waals surface area contributed by atoms with Gasteiger partial charge in [0.2, 0.25) is 0 Å². The normalized spacial score (nSPS) is 11.5. The van der Waals surface area contributed by atoms with Gasteiger partial charge in [-0.3, -0.25) is 0 Å². The molecule has 1 rings (SSSR count). The minimum atomic E-state index is -0.533. The average Bonchev–Trinajstić information content (AvgIpc) is 2.03. The van der Waals surface area contributed by atoms with Crippen LogP contribution in [0.2, 0.25) is 0 Å². The monoisotopic (exact) mass is 154 g/mol. The Balaban J connectivity index is 3.16. The van der Waals surface area contributed by atoms with Crippen molar-refractivity contribution in [2.24, 2.45) is 10.9 Å². The first kappa shape index (κ1) is 7.26. The van der Waals surface area contributed by atoms with Crippen LogP contribution in [0.3, 0.4) is 0 Å². The highest BCUT2D eigenvalue weighted by Gasteiger charge is 1.97. The number of aromatic nitrogens is 2. The van der Waals surface area contributed by atoms with Gasteiger partial charge in [0.15, 0.2) is 5.84 Å². The van der Waals surface area contributed by atoms with E-state index in [0.29, 0.717) is 0 Å². The van der Waals surface area contributed by atoms with Gasteiger partial charge in [-0.05, 0) is 6.07 Å². The molecule has 6 nitrogen and oxygen atoms in total. The molecule has 0 aromatic carbocycles. The minimum Gasteiger partial charge on any atom is -0.409 e. The Kier molecular flexibility index (Phi) is 1.86. The van der Waals surface area contributed by atoms with Crippen LogP contribution in [0.15, 0.2) is 22.2 Å². The molecule has 11 heavy (non-hydrogen) atoms. The Bertz CT molecular complexity index is 329. The van der Waals surface area contributed by atoms with Crippen molar-refractivity contribution < 1.29 is 5.21 Å². The molecule has 1 heterocycles. The third-order valence-corrected chi connectivity index (χ3v) is 1.06. The molecular weight excluding hydrogens is 148 g/mol. The zero-order valence-electron chi connectivity index (χ0n) is 5.48. The molecule has 1 aromatic rings. The Labute approximate surface area is 61.4 Å².